The second-order valence-electron chi connectivity index (χ2n) is 6.79. The Morgan fingerprint density at radius 1 is 1.12 bits per heavy atom. The number of thiophene rings is 1. The van der Waals surface area contributed by atoms with Crippen LogP contribution in [0.15, 0.2) is 30.3 Å². The van der Waals surface area contributed by atoms with E-state index in [-0.39, 0.29) is 5.91 Å². The number of halogens is 1. The van der Waals surface area contributed by atoms with Gasteiger partial charge in [-0.05, 0) is 43.5 Å². The van der Waals surface area contributed by atoms with Crippen molar-refractivity contribution in [3.8, 4) is 0 Å². The van der Waals surface area contributed by atoms with Crippen LogP contribution in [0.3, 0.4) is 0 Å². The van der Waals surface area contributed by atoms with Gasteiger partial charge in [-0.1, -0.05) is 35.4 Å². The van der Waals surface area contributed by atoms with Gasteiger partial charge in [0, 0.05) is 44.0 Å². The summed E-state index contributed by atoms with van der Waals surface area (Å²) in [5, 5.41) is 0. The minimum absolute atomic E-state index is 0.277. The van der Waals surface area contributed by atoms with Crippen molar-refractivity contribution in [3.05, 3.63) is 56.2 Å². The average Bonchev–Trinajstić information content (AvgIpc) is 2.99. The third kappa shape index (κ3) is 5.06. The SMILES string of the molecule is Cc1ccc(CCC(=O)N2CCN(Cc3ccc(Cl)s3)CC2)c(C)c1. The summed E-state index contributed by atoms with van der Waals surface area (Å²) < 4.78 is 0.843. The summed E-state index contributed by atoms with van der Waals surface area (Å²) in [5.74, 6) is 0.277. The van der Waals surface area contributed by atoms with Gasteiger partial charge in [0.15, 0.2) is 0 Å². The zero-order valence-electron chi connectivity index (χ0n) is 14.9. The number of carbonyl (C=O) groups is 1. The summed E-state index contributed by atoms with van der Waals surface area (Å²) in [4.78, 5) is 18.2. The van der Waals surface area contributed by atoms with Gasteiger partial charge >= 0.3 is 0 Å². The molecular weight excluding hydrogens is 352 g/mol. The van der Waals surface area contributed by atoms with E-state index in [1.54, 1.807) is 11.3 Å². The van der Waals surface area contributed by atoms with Crippen molar-refractivity contribution in [1.82, 2.24) is 9.80 Å². The molecule has 0 atom stereocenters. The molecule has 1 aliphatic heterocycles. The van der Waals surface area contributed by atoms with Gasteiger partial charge in [0.05, 0.1) is 4.34 Å². The quantitative estimate of drug-likeness (QED) is 0.776. The van der Waals surface area contributed by atoms with Gasteiger partial charge in [0.1, 0.15) is 0 Å². The fraction of sp³-hybridized carbons (Fsp3) is 0.450. The Kier molecular flexibility index (Phi) is 6.15. The molecule has 0 unspecified atom stereocenters. The summed E-state index contributed by atoms with van der Waals surface area (Å²) >= 11 is 7.63. The molecule has 0 radical (unpaired) electrons. The molecular formula is C20H25ClN2OS. The number of nitrogens with zero attached hydrogens (tertiary/aromatic N) is 2. The van der Waals surface area contributed by atoms with Crippen LogP contribution in [0.4, 0.5) is 0 Å². The first-order valence-corrected chi connectivity index (χ1v) is 10.0. The topological polar surface area (TPSA) is 23.6 Å². The molecule has 134 valence electrons. The van der Waals surface area contributed by atoms with E-state index in [1.165, 1.54) is 21.6 Å². The number of carbonyl (C=O) groups excluding carboxylic acids is 1. The first-order chi connectivity index (χ1) is 12.0. The van der Waals surface area contributed by atoms with Crippen molar-refractivity contribution in [2.45, 2.75) is 33.2 Å². The molecule has 1 aromatic carbocycles. The van der Waals surface area contributed by atoms with Gasteiger partial charge in [-0.15, -0.1) is 11.3 Å². The number of piperazine rings is 1. The number of hydrogen-bond donors (Lipinski definition) is 0. The van der Waals surface area contributed by atoms with Crippen LogP contribution < -0.4 is 0 Å². The highest BCUT2D eigenvalue weighted by atomic mass is 35.5. The van der Waals surface area contributed by atoms with Gasteiger partial charge in [-0.25, -0.2) is 0 Å². The smallest absolute Gasteiger partial charge is 0.222 e. The molecule has 1 fully saturated rings. The van der Waals surface area contributed by atoms with Gasteiger partial charge in [0.2, 0.25) is 5.91 Å². The molecule has 2 aromatic rings. The number of benzene rings is 1. The number of aryl methyl sites for hydroxylation is 3. The fourth-order valence-corrected chi connectivity index (χ4v) is 4.47. The summed E-state index contributed by atoms with van der Waals surface area (Å²) in [5.41, 5.74) is 3.84. The molecule has 0 saturated carbocycles. The Balaban J connectivity index is 1.45. The van der Waals surface area contributed by atoms with Gasteiger partial charge in [-0.2, -0.15) is 0 Å². The van der Waals surface area contributed by atoms with E-state index in [4.69, 9.17) is 11.6 Å². The molecule has 1 aliphatic rings. The average molecular weight is 377 g/mol. The lowest BCUT2D eigenvalue weighted by Gasteiger charge is -2.34. The van der Waals surface area contributed by atoms with Crippen molar-refractivity contribution < 1.29 is 4.79 Å². The fourth-order valence-electron chi connectivity index (χ4n) is 3.34. The maximum absolute atomic E-state index is 12.5. The van der Waals surface area contributed by atoms with Crippen LogP contribution in [0.25, 0.3) is 0 Å². The second-order valence-corrected chi connectivity index (χ2v) is 8.59. The normalized spacial score (nSPS) is 15.6. The lowest BCUT2D eigenvalue weighted by Crippen LogP contribution is -2.48. The molecule has 0 bridgehead atoms. The third-order valence-electron chi connectivity index (χ3n) is 4.84. The van der Waals surface area contributed by atoms with Gasteiger partial charge in [-0.3, -0.25) is 9.69 Å². The van der Waals surface area contributed by atoms with Crippen molar-refractivity contribution in [3.63, 3.8) is 0 Å². The van der Waals surface area contributed by atoms with E-state index in [0.29, 0.717) is 6.42 Å². The monoisotopic (exact) mass is 376 g/mol. The summed E-state index contributed by atoms with van der Waals surface area (Å²) in [6, 6.07) is 10.5. The Morgan fingerprint density at radius 3 is 2.52 bits per heavy atom. The van der Waals surface area contributed by atoms with Crippen LogP contribution in [0.1, 0.15) is 28.0 Å². The molecule has 5 heteroatoms. The summed E-state index contributed by atoms with van der Waals surface area (Å²) in [7, 11) is 0. The lowest BCUT2D eigenvalue weighted by molar-refractivity contribution is -0.132. The Bertz CT molecular complexity index is 735. The molecule has 3 rings (SSSR count). The van der Waals surface area contributed by atoms with Crippen molar-refractivity contribution in [2.24, 2.45) is 0 Å². The highest BCUT2D eigenvalue weighted by Crippen LogP contribution is 2.23. The first kappa shape index (κ1) is 18.4. The van der Waals surface area contributed by atoms with Crippen LogP contribution in [-0.2, 0) is 17.8 Å². The van der Waals surface area contributed by atoms with Gasteiger partial charge in [0.25, 0.3) is 0 Å². The van der Waals surface area contributed by atoms with Crippen molar-refractivity contribution in [1.29, 1.82) is 0 Å². The molecule has 0 spiro atoms. The highest BCUT2D eigenvalue weighted by molar-refractivity contribution is 7.16. The number of hydrogen-bond acceptors (Lipinski definition) is 3. The number of amides is 1. The van der Waals surface area contributed by atoms with Gasteiger partial charge < -0.3 is 4.90 Å². The maximum Gasteiger partial charge on any atom is 0.222 e. The molecule has 25 heavy (non-hydrogen) atoms. The largest absolute Gasteiger partial charge is 0.340 e. The standard InChI is InChI=1S/C20H25ClN2OS/c1-15-3-4-17(16(2)13-15)5-8-20(24)23-11-9-22(10-12-23)14-18-6-7-19(21)25-18/h3-4,6-7,13H,5,8-12,14H2,1-2H3. The Morgan fingerprint density at radius 2 is 1.88 bits per heavy atom. The van der Waals surface area contributed by atoms with Crippen LogP contribution >= 0.6 is 22.9 Å². The molecule has 1 aromatic heterocycles. The summed E-state index contributed by atoms with van der Waals surface area (Å²) in [6.07, 6.45) is 1.43. The molecule has 1 amide bonds. The molecule has 3 nitrogen and oxygen atoms in total. The van der Waals surface area contributed by atoms with E-state index in [9.17, 15) is 4.79 Å². The molecule has 2 heterocycles. The van der Waals surface area contributed by atoms with Crippen LogP contribution in [0.5, 0.6) is 0 Å². The van der Waals surface area contributed by atoms with E-state index >= 15 is 0 Å². The minimum Gasteiger partial charge on any atom is -0.340 e. The summed E-state index contributed by atoms with van der Waals surface area (Å²) in [6.45, 7) is 8.68. The Labute approximate surface area is 159 Å². The van der Waals surface area contributed by atoms with E-state index in [2.05, 4.69) is 43.0 Å². The maximum atomic E-state index is 12.5. The van der Waals surface area contributed by atoms with Crippen LogP contribution in [0.2, 0.25) is 4.34 Å². The highest BCUT2D eigenvalue weighted by Gasteiger charge is 2.21. The van der Waals surface area contributed by atoms with E-state index in [0.717, 1.165) is 43.5 Å². The molecule has 1 saturated heterocycles. The molecule has 0 aliphatic carbocycles. The zero-order valence-corrected chi connectivity index (χ0v) is 16.5. The van der Waals surface area contributed by atoms with Crippen molar-refractivity contribution in [2.75, 3.05) is 26.2 Å². The predicted octanol–water partition coefficient (Wildman–Crippen LogP) is 4.30. The lowest BCUT2D eigenvalue weighted by atomic mass is 10.0. The molecule has 0 N–H and O–H groups in total. The van der Waals surface area contributed by atoms with Crippen LogP contribution in [0, 0.1) is 13.8 Å². The van der Waals surface area contributed by atoms with E-state index in [1.807, 2.05) is 11.0 Å². The predicted molar refractivity (Wildman–Crippen MR) is 105 cm³/mol. The van der Waals surface area contributed by atoms with Crippen molar-refractivity contribution >= 4 is 28.8 Å². The van der Waals surface area contributed by atoms with Crippen LogP contribution in [-0.4, -0.2) is 41.9 Å². The minimum atomic E-state index is 0.277. The zero-order chi connectivity index (χ0) is 17.8. The first-order valence-electron chi connectivity index (χ1n) is 8.82. The third-order valence-corrected chi connectivity index (χ3v) is 6.06. The number of rotatable bonds is 5. The second kappa shape index (κ2) is 8.35. The Hall–Kier alpha value is -1.36. The van der Waals surface area contributed by atoms with E-state index < -0.39 is 0 Å².